The minimum Gasteiger partial charge on any atom is -0.493 e. The quantitative estimate of drug-likeness (QED) is 0.793. The Morgan fingerprint density at radius 1 is 1.33 bits per heavy atom. The molecule has 0 saturated carbocycles. The van der Waals surface area contributed by atoms with Crippen molar-refractivity contribution in [3.05, 3.63) is 48.0 Å². The molecule has 1 aromatic carbocycles. The lowest BCUT2D eigenvalue weighted by molar-refractivity contribution is 0.298. The fourth-order valence-corrected chi connectivity index (χ4v) is 1.87. The van der Waals surface area contributed by atoms with Gasteiger partial charge in [0.05, 0.1) is 6.61 Å². The molecule has 0 aliphatic rings. The summed E-state index contributed by atoms with van der Waals surface area (Å²) >= 11 is 0. The number of rotatable bonds is 6. The Bertz CT molecular complexity index is 493. The first kappa shape index (κ1) is 12.6. The van der Waals surface area contributed by atoms with Crippen LogP contribution in [-0.4, -0.2) is 16.2 Å². The zero-order chi connectivity index (χ0) is 12.8. The summed E-state index contributed by atoms with van der Waals surface area (Å²) in [6.07, 6.45) is 4.76. The number of aryl methyl sites for hydroxylation is 2. The van der Waals surface area contributed by atoms with E-state index in [1.54, 1.807) is 0 Å². The normalized spacial score (nSPS) is 10.6. The van der Waals surface area contributed by atoms with Crippen LogP contribution >= 0.6 is 0 Å². The van der Waals surface area contributed by atoms with Gasteiger partial charge >= 0.3 is 0 Å². The van der Waals surface area contributed by atoms with E-state index >= 15 is 0 Å². The minimum atomic E-state index is 0.511. The summed E-state index contributed by atoms with van der Waals surface area (Å²) in [5, 5.41) is 0. The molecule has 18 heavy (non-hydrogen) atoms. The molecular formula is C14H19N3O. The Labute approximate surface area is 107 Å². The highest BCUT2D eigenvalue weighted by Crippen LogP contribution is 2.17. The number of imidazole rings is 1. The average Bonchev–Trinajstić information content (AvgIpc) is 2.81. The van der Waals surface area contributed by atoms with Crippen molar-refractivity contribution in [1.82, 2.24) is 9.55 Å². The fourth-order valence-electron chi connectivity index (χ4n) is 1.87. The standard InChI is InChI=1S/C14H19N3O/c1-12-16-7-9-17(12)8-4-10-18-14-6-3-2-5-13(14)11-15/h2-3,5-7,9H,4,8,10-11,15H2,1H3. The highest BCUT2D eigenvalue weighted by molar-refractivity contribution is 5.32. The van der Waals surface area contributed by atoms with E-state index in [2.05, 4.69) is 9.55 Å². The first-order chi connectivity index (χ1) is 8.81. The second kappa shape index (κ2) is 6.21. The van der Waals surface area contributed by atoms with Crippen molar-refractivity contribution in [3.63, 3.8) is 0 Å². The van der Waals surface area contributed by atoms with Crippen LogP contribution in [0.2, 0.25) is 0 Å². The highest BCUT2D eigenvalue weighted by Gasteiger charge is 2.01. The van der Waals surface area contributed by atoms with E-state index in [0.717, 1.165) is 30.1 Å². The highest BCUT2D eigenvalue weighted by atomic mass is 16.5. The van der Waals surface area contributed by atoms with Crippen molar-refractivity contribution < 1.29 is 4.74 Å². The molecule has 0 aliphatic carbocycles. The van der Waals surface area contributed by atoms with Crippen molar-refractivity contribution in [2.45, 2.75) is 26.4 Å². The first-order valence-electron chi connectivity index (χ1n) is 6.20. The lowest BCUT2D eigenvalue weighted by Gasteiger charge is -2.10. The molecule has 2 aromatic rings. The largest absolute Gasteiger partial charge is 0.493 e. The number of hydrogen-bond acceptors (Lipinski definition) is 3. The van der Waals surface area contributed by atoms with E-state index in [1.807, 2.05) is 43.6 Å². The Hall–Kier alpha value is -1.81. The lowest BCUT2D eigenvalue weighted by Crippen LogP contribution is -2.07. The molecular weight excluding hydrogens is 226 g/mol. The molecule has 0 saturated heterocycles. The van der Waals surface area contributed by atoms with E-state index in [9.17, 15) is 0 Å². The molecule has 0 bridgehead atoms. The summed E-state index contributed by atoms with van der Waals surface area (Å²) in [6, 6.07) is 7.90. The number of nitrogens with zero attached hydrogens (tertiary/aromatic N) is 2. The monoisotopic (exact) mass is 245 g/mol. The molecule has 2 N–H and O–H groups in total. The van der Waals surface area contributed by atoms with Crippen LogP contribution < -0.4 is 10.5 Å². The van der Waals surface area contributed by atoms with Crippen LogP contribution in [-0.2, 0) is 13.1 Å². The third-order valence-corrected chi connectivity index (χ3v) is 2.92. The average molecular weight is 245 g/mol. The van der Waals surface area contributed by atoms with Gasteiger partial charge in [-0.15, -0.1) is 0 Å². The van der Waals surface area contributed by atoms with Gasteiger partial charge in [0, 0.05) is 31.0 Å². The maximum atomic E-state index is 5.75. The Kier molecular flexibility index (Phi) is 4.36. The first-order valence-corrected chi connectivity index (χ1v) is 6.20. The van der Waals surface area contributed by atoms with Crippen molar-refractivity contribution in [2.75, 3.05) is 6.61 Å². The van der Waals surface area contributed by atoms with E-state index in [0.29, 0.717) is 13.2 Å². The summed E-state index contributed by atoms with van der Waals surface area (Å²) in [4.78, 5) is 4.19. The summed E-state index contributed by atoms with van der Waals surface area (Å²) < 4.78 is 7.88. The summed E-state index contributed by atoms with van der Waals surface area (Å²) in [7, 11) is 0. The molecule has 96 valence electrons. The SMILES string of the molecule is Cc1nccn1CCCOc1ccccc1CN. The van der Waals surface area contributed by atoms with Crippen molar-refractivity contribution >= 4 is 0 Å². The van der Waals surface area contributed by atoms with Crippen molar-refractivity contribution in [3.8, 4) is 5.75 Å². The number of benzene rings is 1. The van der Waals surface area contributed by atoms with Crippen LogP contribution in [0.5, 0.6) is 5.75 Å². The zero-order valence-corrected chi connectivity index (χ0v) is 10.7. The molecule has 2 rings (SSSR count). The Morgan fingerprint density at radius 3 is 2.89 bits per heavy atom. The molecule has 0 radical (unpaired) electrons. The predicted molar refractivity (Wildman–Crippen MR) is 71.4 cm³/mol. The molecule has 0 unspecified atom stereocenters. The van der Waals surface area contributed by atoms with Gasteiger partial charge in [0.2, 0.25) is 0 Å². The molecule has 0 spiro atoms. The van der Waals surface area contributed by atoms with Gasteiger partial charge in [-0.3, -0.25) is 0 Å². The van der Waals surface area contributed by atoms with Gasteiger partial charge in [0.1, 0.15) is 11.6 Å². The van der Waals surface area contributed by atoms with Crippen LogP contribution in [0.1, 0.15) is 17.8 Å². The maximum Gasteiger partial charge on any atom is 0.123 e. The molecule has 0 fully saturated rings. The van der Waals surface area contributed by atoms with Crippen LogP contribution in [0.15, 0.2) is 36.7 Å². The van der Waals surface area contributed by atoms with Gasteiger partial charge in [-0.1, -0.05) is 18.2 Å². The second-order valence-electron chi connectivity index (χ2n) is 4.18. The van der Waals surface area contributed by atoms with E-state index in [1.165, 1.54) is 0 Å². The van der Waals surface area contributed by atoms with Crippen molar-refractivity contribution in [2.24, 2.45) is 5.73 Å². The van der Waals surface area contributed by atoms with Gasteiger partial charge in [0.15, 0.2) is 0 Å². The van der Waals surface area contributed by atoms with Crippen LogP contribution in [0, 0.1) is 6.92 Å². The van der Waals surface area contributed by atoms with Gasteiger partial charge in [-0.05, 0) is 19.4 Å². The summed E-state index contributed by atoms with van der Waals surface area (Å²) in [5.74, 6) is 1.93. The smallest absolute Gasteiger partial charge is 0.123 e. The molecule has 1 aromatic heterocycles. The van der Waals surface area contributed by atoms with E-state index in [4.69, 9.17) is 10.5 Å². The molecule has 4 heteroatoms. The molecule has 0 aliphatic heterocycles. The number of hydrogen-bond donors (Lipinski definition) is 1. The topological polar surface area (TPSA) is 53.1 Å². The van der Waals surface area contributed by atoms with Crippen LogP contribution in [0.4, 0.5) is 0 Å². The van der Waals surface area contributed by atoms with E-state index < -0.39 is 0 Å². The van der Waals surface area contributed by atoms with Crippen molar-refractivity contribution in [1.29, 1.82) is 0 Å². The number of ether oxygens (including phenoxy) is 1. The Morgan fingerprint density at radius 2 is 2.17 bits per heavy atom. The number of nitrogens with two attached hydrogens (primary N) is 1. The fraction of sp³-hybridized carbons (Fsp3) is 0.357. The van der Waals surface area contributed by atoms with Gasteiger partial charge in [0.25, 0.3) is 0 Å². The molecule has 0 atom stereocenters. The second-order valence-corrected chi connectivity index (χ2v) is 4.18. The van der Waals surface area contributed by atoms with E-state index in [-0.39, 0.29) is 0 Å². The van der Waals surface area contributed by atoms with Gasteiger partial charge in [-0.2, -0.15) is 0 Å². The molecule has 4 nitrogen and oxygen atoms in total. The summed E-state index contributed by atoms with van der Waals surface area (Å²) in [6.45, 7) is 4.13. The third kappa shape index (κ3) is 3.11. The maximum absolute atomic E-state index is 5.75. The van der Waals surface area contributed by atoms with Gasteiger partial charge in [-0.25, -0.2) is 4.98 Å². The van der Waals surface area contributed by atoms with Gasteiger partial charge < -0.3 is 15.0 Å². The molecule has 1 heterocycles. The number of aromatic nitrogens is 2. The zero-order valence-electron chi connectivity index (χ0n) is 10.7. The predicted octanol–water partition coefficient (Wildman–Crippen LogP) is 2.12. The van der Waals surface area contributed by atoms with Crippen LogP contribution in [0.3, 0.4) is 0 Å². The minimum absolute atomic E-state index is 0.511. The number of para-hydroxylation sites is 1. The lowest BCUT2D eigenvalue weighted by atomic mass is 10.2. The van der Waals surface area contributed by atoms with Crippen LogP contribution in [0.25, 0.3) is 0 Å². The summed E-state index contributed by atoms with van der Waals surface area (Å²) in [5.41, 5.74) is 6.71. The molecule has 0 amide bonds. The Balaban J connectivity index is 1.80. The third-order valence-electron chi connectivity index (χ3n) is 2.92.